The van der Waals surface area contributed by atoms with Crippen molar-refractivity contribution in [1.29, 1.82) is 0 Å². The van der Waals surface area contributed by atoms with Crippen molar-refractivity contribution >= 4 is 0 Å². The molecule has 0 amide bonds. The van der Waals surface area contributed by atoms with Crippen molar-refractivity contribution < 1.29 is 0 Å². The number of hydrogen-bond donors (Lipinski definition) is 1. The van der Waals surface area contributed by atoms with E-state index < -0.39 is 0 Å². The summed E-state index contributed by atoms with van der Waals surface area (Å²) in [7, 11) is 0. The van der Waals surface area contributed by atoms with Gasteiger partial charge in [0.05, 0.1) is 18.1 Å². The average Bonchev–Trinajstić information content (AvgIpc) is 3.04. The molecule has 19 heavy (non-hydrogen) atoms. The van der Waals surface area contributed by atoms with Crippen molar-refractivity contribution in [3.8, 4) is 0 Å². The van der Waals surface area contributed by atoms with Crippen LogP contribution in [-0.4, -0.2) is 33.1 Å². The maximum atomic E-state index is 6.13. The van der Waals surface area contributed by atoms with Gasteiger partial charge in [0.2, 0.25) is 0 Å². The van der Waals surface area contributed by atoms with Crippen molar-refractivity contribution in [3.05, 3.63) is 18.2 Å². The first-order chi connectivity index (χ1) is 9.26. The normalized spacial score (nSPS) is 29.8. The predicted octanol–water partition coefficient (Wildman–Crippen LogP) is 2.48. The Labute approximate surface area is 116 Å². The van der Waals surface area contributed by atoms with Crippen LogP contribution >= 0.6 is 0 Å². The summed E-state index contributed by atoms with van der Waals surface area (Å²) in [6.45, 7) is 5.33. The highest BCUT2D eigenvalue weighted by molar-refractivity contribution is 5.12. The molecule has 1 aliphatic carbocycles. The highest BCUT2D eigenvalue weighted by atomic mass is 15.3. The fraction of sp³-hybridized carbons (Fsp3) is 0.800. The SMILES string of the molecule is CCC1CCC(C)N1C(CN)c1cncn1C1CC1. The molecule has 0 bridgehead atoms. The smallest absolute Gasteiger partial charge is 0.0951 e. The van der Waals surface area contributed by atoms with Crippen LogP contribution in [0, 0.1) is 0 Å². The van der Waals surface area contributed by atoms with E-state index in [1.165, 1.54) is 37.8 Å². The Morgan fingerprint density at radius 1 is 1.37 bits per heavy atom. The van der Waals surface area contributed by atoms with Crippen LogP contribution in [0.3, 0.4) is 0 Å². The molecule has 0 aromatic carbocycles. The number of nitrogens with zero attached hydrogens (tertiary/aromatic N) is 3. The molecular weight excluding hydrogens is 236 g/mol. The van der Waals surface area contributed by atoms with Crippen LogP contribution in [0.5, 0.6) is 0 Å². The monoisotopic (exact) mass is 262 g/mol. The number of aromatic nitrogens is 2. The van der Waals surface area contributed by atoms with Crippen LogP contribution in [0.2, 0.25) is 0 Å². The van der Waals surface area contributed by atoms with Crippen LogP contribution in [0.4, 0.5) is 0 Å². The molecule has 106 valence electrons. The zero-order chi connectivity index (χ0) is 13.4. The first-order valence-corrected chi connectivity index (χ1v) is 7.75. The van der Waals surface area contributed by atoms with E-state index >= 15 is 0 Å². The van der Waals surface area contributed by atoms with Crippen molar-refractivity contribution in [2.75, 3.05) is 6.54 Å². The zero-order valence-corrected chi connectivity index (χ0v) is 12.1. The van der Waals surface area contributed by atoms with E-state index in [1.54, 1.807) is 0 Å². The molecule has 3 atom stereocenters. The van der Waals surface area contributed by atoms with E-state index in [0.29, 0.717) is 30.7 Å². The van der Waals surface area contributed by atoms with E-state index in [0.717, 1.165) is 0 Å². The van der Waals surface area contributed by atoms with Gasteiger partial charge in [-0.1, -0.05) is 6.92 Å². The molecule has 1 saturated carbocycles. The Morgan fingerprint density at radius 2 is 2.16 bits per heavy atom. The average molecular weight is 262 g/mol. The second kappa shape index (κ2) is 5.25. The topological polar surface area (TPSA) is 47.1 Å². The lowest BCUT2D eigenvalue weighted by Crippen LogP contribution is -2.41. The minimum absolute atomic E-state index is 0.338. The van der Waals surface area contributed by atoms with Gasteiger partial charge in [0.1, 0.15) is 0 Å². The first-order valence-electron chi connectivity index (χ1n) is 7.75. The van der Waals surface area contributed by atoms with Crippen LogP contribution in [-0.2, 0) is 0 Å². The summed E-state index contributed by atoms with van der Waals surface area (Å²) in [6.07, 6.45) is 10.5. The molecule has 1 aliphatic heterocycles. The molecule has 1 saturated heterocycles. The Bertz CT molecular complexity index is 424. The quantitative estimate of drug-likeness (QED) is 0.887. The summed E-state index contributed by atoms with van der Waals surface area (Å²) in [5.74, 6) is 0. The third kappa shape index (κ3) is 2.32. The molecule has 0 spiro atoms. The summed E-state index contributed by atoms with van der Waals surface area (Å²) < 4.78 is 2.37. The molecule has 3 unspecified atom stereocenters. The molecule has 2 fully saturated rings. The molecule has 4 heteroatoms. The second-order valence-electron chi connectivity index (χ2n) is 6.14. The largest absolute Gasteiger partial charge is 0.330 e. The summed E-state index contributed by atoms with van der Waals surface area (Å²) in [6, 6.07) is 2.35. The molecule has 2 heterocycles. The number of likely N-dealkylation sites (tertiary alicyclic amines) is 1. The van der Waals surface area contributed by atoms with Gasteiger partial charge in [-0.2, -0.15) is 0 Å². The third-order valence-electron chi connectivity index (χ3n) is 4.88. The highest BCUT2D eigenvalue weighted by Crippen LogP contribution is 2.40. The van der Waals surface area contributed by atoms with Crippen LogP contribution < -0.4 is 5.73 Å². The molecular formula is C15H26N4. The van der Waals surface area contributed by atoms with E-state index in [4.69, 9.17) is 5.73 Å². The van der Waals surface area contributed by atoms with E-state index in [1.807, 2.05) is 12.5 Å². The van der Waals surface area contributed by atoms with Crippen molar-refractivity contribution in [2.24, 2.45) is 5.73 Å². The minimum Gasteiger partial charge on any atom is -0.330 e. The molecule has 2 N–H and O–H groups in total. The maximum Gasteiger partial charge on any atom is 0.0951 e. The number of nitrogens with two attached hydrogens (primary N) is 1. The van der Waals surface area contributed by atoms with Gasteiger partial charge in [-0.05, 0) is 39.0 Å². The van der Waals surface area contributed by atoms with E-state index in [9.17, 15) is 0 Å². The Kier molecular flexibility index (Phi) is 3.63. The molecule has 0 radical (unpaired) electrons. The molecule has 3 rings (SSSR count). The van der Waals surface area contributed by atoms with Crippen LogP contribution in [0.15, 0.2) is 12.5 Å². The lowest BCUT2D eigenvalue weighted by molar-refractivity contribution is 0.131. The van der Waals surface area contributed by atoms with Gasteiger partial charge >= 0.3 is 0 Å². The van der Waals surface area contributed by atoms with Crippen molar-refractivity contribution in [2.45, 2.75) is 70.1 Å². The van der Waals surface area contributed by atoms with E-state index in [-0.39, 0.29) is 0 Å². The predicted molar refractivity (Wildman–Crippen MR) is 76.9 cm³/mol. The minimum atomic E-state index is 0.338. The summed E-state index contributed by atoms with van der Waals surface area (Å²) >= 11 is 0. The summed E-state index contributed by atoms with van der Waals surface area (Å²) in [5.41, 5.74) is 7.46. The van der Waals surface area contributed by atoms with Gasteiger partial charge < -0.3 is 10.3 Å². The second-order valence-corrected chi connectivity index (χ2v) is 6.14. The zero-order valence-electron chi connectivity index (χ0n) is 12.1. The Morgan fingerprint density at radius 3 is 2.79 bits per heavy atom. The first kappa shape index (κ1) is 13.1. The fourth-order valence-corrected chi connectivity index (χ4v) is 3.69. The van der Waals surface area contributed by atoms with Gasteiger partial charge in [0.15, 0.2) is 0 Å². The van der Waals surface area contributed by atoms with E-state index in [2.05, 4.69) is 28.3 Å². The van der Waals surface area contributed by atoms with Crippen molar-refractivity contribution in [3.63, 3.8) is 0 Å². The van der Waals surface area contributed by atoms with Gasteiger partial charge in [-0.3, -0.25) is 4.90 Å². The number of hydrogen-bond acceptors (Lipinski definition) is 3. The van der Waals surface area contributed by atoms with Gasteiger partial charge in [0.25, 0.3) is 0 Å². The van der Waals surface area contributed by atoms with Crippen LogP contribution in [0.1, 0.15) is 63.7 Å². The Balaban J connectivity index is 1.88. The third-order valence-corrected chi connectivity index (χ3v) is 4.88. The fourth-order valence-electron chi connectivity index (χ4n) is 3.69. The molecule has 2 aliphatic rings. The van der Waals surface area contributed by atoms with Gasteiger partial charge in [0, 0.05) is 30.9 Å². The standard InChI is InChI=1S/C15H26N4/c1-3-12-5-4-11(2)19(12)14(8-16)15-9-17-10-18(15)13-6-7-13/h9-14H,3-8,16H2,1-2H3. The van der Waals surface area contributed by atoms with Gasteiger partial charge in [-0.25, -0.2) is 4.98 Å². The van der Waals surface area contributed by atoms with Crippen LogP contribution in [0.25, 0.3) is 0 Å². The lowest BCUT2D eigenvalue weighted by Gasteiger charge is -2.35. The van der Waals surface area contributed by atoms with Crippen molar-refractivity contribution in [1.82, 2.24) is 14.5 Å². The number of rotatable bonds is 5. The molecule has 4 nitrogen and oxygen atoms in total. The van der Waals surface area contributed by atoms with Gasteiger partial charge in [-0.15, -0.1) is 0 Å². The highest BCUT2D eigenvalue weighted by Gasteiger charge is 2.37. The molecule has 1 aromatic rings. The maximum absolute atomic E-state index is 6.13. The summed E-state index contributed by atoms with van der Waals surface area (Å²) in [4.78, 5) is 7.03. The Hall–Kier alpha value is -0.870. The number of imidazole rings is 1. The summed E-state index contributed by atoms with van der Waals surface area (Å²) in [5, 5.41) is 0. The lowest BCUT2D eigenvalue weighted by atomic mass is 10.1. The molecule has 1 aromatic heterocycles.